The molecular formula is C26H35N3O3. The molecule has 0 aliphatic carbocycles. The molecule has 2 unspecified atom stereocenters. The number of hydrogen-bond donors (Lipinski definition) is 1. The van der Waals surface area contributed by atoms with Crippen molar-refractivity contribution in [3.63, 3.8) is 0 Å². The van der Waals surface area contributed by atoms with Crippen LogP contribution >= 0.6 is 0 Å². The third-order valence-corrected chi connectivity index (χ3v) is 6.22. The van der Waals surface area contributed by atoms with Crippen molar-refractivity contribution in [2.75, 3.05) is 26.8 Å². The molecule has 2 aromatic carbocycles. The molecule has 3 aromatic rings. The maximum Gasteiger partial charge on any atom is 0.314 e. The number of aromatic amines is 1. The molecule has 0 amide bonds. The number of fused-ring (bicyclic) bond motifs is 1. The minimum atomic E-state index is -0.704. The van der Waals surface area contributed by atoms with E-state index in [4.69, 9.17) is 9.47 Å². The maximum absolute atomic E-state index is 11.9. The van der Waals surface area contributed by atoms with Crippen molar-refractivity contribution in [1.29, 1.82) is 0 Å². The topological polar surface area (TPSA) is 67.4 Å². The lowest BCUT2D eigenvalue weighted by molar-refractivity contribution is -0.152. The molecule has 172 valence electrons. The number of H-pyrrole nitrogens is 1. The second-order valence-corrected chi connectivity index (χ2v) is 8.85. The number of methoxy groups -OCH3 is 1. The quantitative estimate of drug-likeness (QED) is 0.452. The number of imidazole rings is 1. The molecule has 0 radical (unpaired) electrons. The normalized spacial score (nSPS) is 13.8. The molecule has 6 heteroatoms. The lowest BCUT2D eigenvalue weighted by Crippen LogP contribution is -2.38. The summed E-state index contributed by atoms with van der Waals surface area (Å²) in [5, 5.41) is 2.24. The Morgan fingerprint density at radius 3 is 2.44 bits per heavy atom. The maximum atomic E-state index is 11.9. The van der Waals surface area contributed by atoms with Crippen LogP contribution in [0.15, 0.2) is 48.8 Å². The van der Waals surface area contributed by atoms with E-state index in [1.165, 1.54) is 12.7 Å². The average molecular weight is 438 g/mol. The lowest BCUT2D eigenvalue weighted by Gasteiger charge is -2.32. The number of ether oxygens (including phenoxy) is 2. The number of aromatic nitrogens is 2. The molecule has 3 rings (SSSR count). The Morgan fingerprint density at radius 2 is 1.81 bits per heavy atom. The van der Waals surface area contributed by atoms with Crippen LogP contribution < -0.4 is 4.74 Å². The van der Waals surface area contributed by atoms with Gasteiger partial charge < -0.3 is 19.4 Å². The van der Waals surface area contributed by atoms with Gasteiger partial charge >= 0.3 is 5.97 Å². The molecule has 2 atom stereocenters. The number of benzene rings is 2. The van der Waals surface area contributed by atoms with Gasteiger partial charge in [0.05, 0.1) is 18.4 Å². The monoisotopic (exact) mass is 437 g/mol. The van der Waals surface area contributed by atoms with E-state index in [1.807, 2.05) is 38.4 Å². The number of rotatable bonds is 10. The zero-order valence-corrected chi connectivity index (χ0v) is 20.0. The highest BCUT2D eigenvalue weighted by Gasteiger charge is 2.30. The third-order valence-electron chi connectivity index (χ3n) is 6.22. The fraction of sp³-hybridized carbons (Fsp3) is 0.462. The van der Waals surface area contributed by atoms with Crippen molar-refractivity contribution in [3.8, 4) is 5.75 Å². The number of likely N-dealkylation sites (N-methyl/N-ethyl adjacent to an activating group) is 1. The van der Waals surface area contributed by atoms with Gasteiger partial charge in [-0.3, -0.25) is 4.79 Å². The first-order chi connectivity index (χ1) is 15.3. The molecule has 1 N–H and O–H groups in total. The van der Waals surface area contributed by atoms with Gasteiger partial charge in [0.15, 0.2) is 0 Å². The molecule has 1 heterocycles. The number of nitrogens with zero attached hydrogens (tertiary/aromatic N) is 2. The summed E-state index contributed by atoms with van der Waals surface area (Å²) in [5.41, 5.74) is 0.525. The highest BCUT2D eigenvalue weighted by Crippen LogP contribution is 2.32. The zero-order chi connectivity index (χ0) is 23.3. The van der Waals surface area contributed by atoms with Crippen molar-refractivity contribution >= 4 is 16.7 Å². The third kappa shape index (κ3) is 5.13. The van der Waals surface area contributed by atoms with Crippen molar-refractivity contribution in [3.05, 3.63) is 60.2 Å². The van der Waals surface area contributed by atoms with Gasteiger partial charge in [-0.2, -0.15) is 0 Å². The van der Waals surface area contributed by atoms with Crippen LogP contribution in [0.2, 0.25) is 0 Å². The summed E-state index contributed by atoms with van der Waals surface area (Å²) in [5.74, 6) is 1.58. The van der Waals surface area contributed by atoms with Crippen molar-refractivity contribution in [1.82, 2.24) is 14.9 Å². The summed E-state index contributed by atoms with van der Waals surface area (Å²) in [7, 11) is 1.40. The SMILES string of the molecule is CCN(CC)C(C)C(c1ccc2cc(OCC(C)(C)C(=O)OC)ccc2c1)c1ncc[nH]1. The van der Waals surface area contributed by atoms with Gasteiger partial charge in [-0.05, 0) is 62.3 Å². The first-order valence-electron chi connectivity index (χ1n) is 11.3. The number of carbonyl (C=O) groups is 1. The summed E-state index contributed by atoms with van der Waals surface area (Å²) in [6, 6.07) is 12.9. The van der Waals surface area contributed by atoms with E-state index >= 15 is 0 Å². The van der Waals surface area contributed by atoms with E-state index in [2.05, 4.69) is 59.9 Å². The fourth-order valence-electron chi connectivity index (χ4n) is 4.25. The van der Waals surface area contributed by atoms with Crippen LogP contribution in [0.5, 0.6) is 5.75 Å². The van der Waals surface area contributed by atoms with E-state index < -0.39 is 5.41 Å². The summed E-state index contributed by atoms with van der Waals surface area (Å²) in [4.78, 5) is 22.3. The van der Waals surface area contributed by atoms with E-state index in [9.17, 15) is 4.79 Å². The lowest BCUT2D eigenvalue weighted by atomic mass is 9.89. The minimum Gasteiger partial charge on any atom is -0.492 e. The van der Waals surface area contributed by atoms with Crippen molar-refractivity contribution in [2.45, 2.75) is 46.6 Å². The molecule has 32 heavy (non-hydrogen) atoms. The van der Waals surface area contributed by atoms with Gasteiger partial charge in [-0.1, -0.05) is 38.1 Å². The first kappa shape index (κ1) is 23.8. The highest BCUT2D eigenvalue weighted by molar-refractivity contribution is 5.84. The van der Waals surface area contributed by atoms with E-state index in [-0.39, 0.29) is 18.5 Å². The molecular weight excluding hydrogens is 402 g/mol. The fourth-order valence-corrected chi connectivity index (χ4v) is 4.25. The average Bonchev–Trinajstić information content (AvgIpc) is 3.32. The summed E-state index contributed by atoms with van der Waals surface area (Å²) >= 11 is 0. The van der Waals surface area contributed by atoms with Crippen LogP contribution in [-0.2, 0) is 9.53 Å². The number of hydrogen-bond acceptors (Lipinski definition) is 5. The van der Waals surface area contributed by atoms with Crippen LogP contribution in [0.1, 0.15) is 51.9 Å². The van der Waals surface area contributed by atoms with Crippen LogP contribution in [0.25, 0.3) is 10.8 Å². The Kier molecular flexibility index (Phi) is 7.56. The van der Waals surface area contributed by atoms with E-state index in [1.54, 1.807) is 0 Å². The first-order valence-corrected chi connectivity index (χ1v) is 11.3. The molecule has 0 aliphatic rings. The molecule has 0 spiro atoms. The zero-order valence-electron chi connectivity index (χ0n) is 20.0. The van der Waals surface area contributed by atoms with Gasteiger partial charge in [-0.15, -0.1) is 0 Å². The second kappa shape index (κ2) is 10.2. The molecule has 0 aliphatic heterocycles. The Balaban J connectivity index is 1.88. The van der Waals surface area contributed by atoms with Gasteiger partial charge in [-0.25, -0.2) is 4.98 Å². The molecule has 1 aromatic heterocycles. The number of esters is 1. The standard InChI is InChI=1S/C26H35N3O3/c1-7-29(8-2)18(3)23(24-27-13-14-28-24)21-10-9-20-16-22(12-11-19(20)15-21)32-17-26(4,5)25(30)31-6/h9-16,18,23H,7-8,17H2,1-6H3,(H,27,28). The Labute approximate surface area is 190 Å². The number of carbonyl (C=O) groups excluding carboxylic acids is 1. The van der Waals surface area contributed by atoms with E-state index in [0.29, 0.717) is 6.04 Å². The van der Waals surface area contributed by atoms with E-state index in [0.717, 1.165) is 35.4 Å². The minimum absolute atomic E-state index is 0.145. The van der Waals surface area contributed by atoms with Gasteiger partial charge in [0.2, 0.25) is 0 Å². The molecule has 6 nitrogen and oxygen atoms in total. The van der Waals surface area contributed by atoms with Gasteiger partial charge in [0, 0.05) is 18.4 Å². The van der Waals surface area contributed by atoms with Gasteiger partial charge in [0.25, 0.3) is 0 Å². The van der Waals surface area contributed by atoms with Crippen molar-refractivity contribution in [2.24, 2.45) is 5.41 Å². The van der Waals surface area contributed by atoms with Crippen LogP contribution in [0.4, 0.5) is 0 Å². The second-order valence-electron chi connectivity index (χ2n) is 8.85. The van der Waals surface area contributed by atoms with Crippen LogP contribution in [0.3, 0.4) is 0 Å². The number of nitrogens with one attached hydrogen (secondary N) is 1. The predicted molar refractivity (Wildman–Crippen MR) is 128 cm³/mol. The Hall–Kier alpha value is -2.86. The molecule has 0 saturated carbocycles. The molecule has 0 bridgehead atoms. The smallest absolute Gasteiger partial charge is 0.314 e. The van der Waals surface area contributed by atoms with Crippen LogP contribution in [0, 0.1) is 5.41 Å². The largest absolute Gasteiger partial charge is 0.492 e. The van der Waals surface area contributed by atoms with Gasteiger partial charge in [0.1, 0.15) is 18.2 Å². The summed E-state index contributed by atoms with van der Waals surface area (Å²) in [6.07, 6.45) is 3.70. The summed E-state index contributed by atoms with van der Waals surface area (Å²) in [6.45, 7) is 12.5. The Bertz CT molecular complexity index is 1030. The predicted octanol–water partition coefficient (Wildman–Crippen LogP) is 5.00. The summed E-state index contributed by atoms with van der Waals surface area (Å²) < 4.78 is 10.8. The highest BCUT2D eigenvalue weighted by atomic mass is 16.5. The molecule has 0 saturated heterocycles. The van der Waals surface area contributed by atoms with Crippen LogP contribution in [-0.4, -0.2) is 53.7 Å². The molecule has 0 fully saturated rings. The van der Waals surface area contributed by atoms with Crippen molar-refractivity contribution < 1.29 is 14.3 Å². The Morgan fingerprint density at radius 1 is 1.12 bits per heavy atom.